The number of carbonyl (C=O) groups is 1. The largest absolute Gasteiger partial charge is 0.379 e. The van der Waals surface area contributed by atoms with Crippen LogP contribution in [0.4, 0.5) is 0 Å². The third-order valence-corrected chi connectivity index (χ3v) is 3.76. The van der Waals surface area contributed by atoms with Crippen molar-refractivity contribution in [3.8, 4) is 10.6 Å². The van der Waals surface area contributed by atoms with Crippen LogP contribution in [0.2, 0.25) is 0 Å². The lowest BCUT2D eigenvalue weighted by Gasteiger charge is -2.08. The molecule has 0 aliphatic heterocycles. The molecule has 0 aliphatic carbocycles. The molecular formula is C15H20N2O3S. The lowest BCUT2D eigenvalue weighted by molar-refractivity contribution is 0.0757. The summed E-state index contributed by atoms with van der Waals surface area (Å²) in [6, 6.07) is 3.83. The molecule has 2 rings (SSSR count). The molecule has 0 saturated carbocycles. The minimum absolute atomic E-state index is 0.151. The Morgan fingerprint density at radius 3 is 3.00 bits per heavy atom. The zero-order chi connectivity index (χ0) is 15.2. The Bertz CT molecular complexity index is 576. The zero-order valence-electron chi connectivity index (χ0n) is 12.5. The van der Waals surface area contributed by atoms with Crippen molar-refractivity contribution < 1.29 is 14.1 Å². The van der Waals surface area contributed by atoms with E-state index in [1.54, 1.807) is 6.92 Å². The molecule has 114 valence electrons. The molecule has 1 N–H and O–H groups in total. The fraction of sp³-hybridized carbons (Fsp3) is 0.467. The SMILES string of the molecule is Cc1noc(-c2cccs2)c1C(=O)NCCCOC(C)C. The molecular weight excluding hydrogens is 288 g/mol. The van der Waals surface area contributed by atoms with Crippen LogP contribution in [0.1, 0.15) is 36.3 Å². The van der Waals surface area contributed by atoms with E-state index in [2.05, 4.69) is 10.5 Å². The van der Waals surface area contributed by atoms with E-state index in [1.807, 2.05) is 31.4 Å². The minimum atomic E-state index is -0.151. The van der Waals surface area contributed by atoms with Crippen LogP contribution in [0.5, 0.6) is 0 Å². The van der Waals surface area contributed by atoms with Gasteiger partial charge in [-0.3, -0.25) is 4.79 Å². The average Bonchev–Trinajstić information content (AvgIpc) is 3.06. The highest BCUT2D eigenvalue weighted by Crippen LogP contribution is 2.29. The maximum Gasteiger partial charge on any atom is 0.257 e. The van der Waals surface area contributed by atoms with Gasteiger partial charge in [0.05, 0.1) is 16.7 Å². The number of aromatic nitrogens is 1. The lowest BCUT2D eigenvalue weighted by Crippen LogP contribution is -2.26. The molecule has 0 spiro atoms. The topological polar surface area (TPSA) is 64.4 Å². The zero-order valence-corrected chi connectivity index (χ0v) is 13.3. The molecule has 21 heavy (non-hydrogen) atoms. The summed E-state index contributed by atoms with van der Waals surface area (Å²) in [5.74, 6) is 0.389. The molecule has 0 atom stereocenters. The molecule has 0 unspecified atom stereocenters. The Hall–Kier alpha value is -1.66. The van der Waals surface area contributed by atoms with E-state index in [1.165, 1.54) is 11.3 Å². The van der Waals surface area contributed by atoms with Crippen molar-refractivity contribution in [2.24, 2.45) is 0 Å². The Kier molecular flexibility index (Phi) is 5.52. The summed E-state index contributed by atoms with van der Waals surface area (Å²) in [5, 5.41) is 8.74. The van der Waals surface area contributed by atoms with Gasteiger partial charge in [0.25, 0.3) is 5.91 Å². The number of hydrogen-bond acceptors (Lipinski definition) is 5. The molecule has 1 amide bonds. The van der Waals surface area contributed by atoms with E-state index in [4.69, 9.17) is 9.26 Å². The third kappa shape index (κ3) is 4.15. The number of carbonyl (C=O) groups excluding carboxylic acids is 1. The fourth-order valence-corrected chi connectivity index (χ4v) is 2.60. The standard InChI is InChI=1S/C15H20N2O3S/c1-10(2)19-8-5-7-16-15(18)13-11(3)17-20-14(13)12-6-4-9-21-12/h4,6,9-10H,5,7-8H2,1-3H3,(H,16,18). The predicted molar refractivity (Wildman–Crippen MR) is 82.6 cm³/mol. The summed E-state index contributed by atoms with van der Waals surface area (Å²) >= 11 is 1.52. The smallest absolute Gasteiger partial charge is 0.257 e. The van der Waals surface area contributed by atoms with Crippen molar-refractivity contribution in [2.75, 3.05) is 13.2 Å². The Balaban J connectivity index is 1.95. The van der Waals surface area contributed by atoms with Gasteiger partial charge in [0.15, 0.2) is 5.76 Å². The normalized spacial score (nSPS) is 11.0. The van der Waals surface area contributed by atoms with Crippen LogP contribution in [0.15, 0.2) is 22.0 Å². The number of nitrogens with one attached hydrogen (secondary N) is 1. The summed E-state index contributed by atoms with van der Waals surface area (Å²) in [6.07, 6.45) is 0.995. The first-order valence-electron chi connectivity index (χ1n) is 6.99. The van der Waals surface area contributed by atoms with Crippen LogP contribution < -0.4 is 5.32 Å². The number of hydrogen-bond donors (Lipinski definition) is 1. The van der Waals surface area contributed by atoms with Gasteiger partial charge in [0.2, 0.25) is 0 Å². The van der Waals surface area contributed by atoms with Crippen LogP contribution >= 0.6 is 11.3 Å². The summed E-state index contributed by atoms with van der Waals surface area (Å²) in [7, 11) is 0. The molecule has 0 aliphatic rings. The van der Waals surface area contributed by atoms with Crippen LogP contribution in [0.25, 0.3) is 10.6 Å². The second kappa shape index (κ2) is 7.38. The van der Waals surface area contributed by atoms with Crippen molar-refractivity contribution in [2.45, 2.75) is 33.3 Å². The van der Waals surface area contributed by atoms with E-state index in [0.717, 1.165) is 11.3 Å². The maximum atomic E-state index is 12.3. The highest BCUT2D eigenvalue weighted by Gasteiger charge is 2.21. The quantitative estimate of drug-likeness (QED) is 0.797. The van der Waals surface area contributed by atoms with Gasteiger partial charge in [-0.05, 0) is 38.6 Å². The molecule has 0 bridgehead atoms. The van der Waals surface area contributed by atoms with E-state index >= 15 is 0 Å². The first kappa shape index (κ1) is 15.7. The van der Waals surface area contributed by atoms with Crippen LogP contribution in [-0.2, 0) is 4.74 Å². The summed E-state index contributed by atoms with van der Waals surface area (Å²) in [5.41, 5.74) is 1.12. The Labute approximate surface area is 128 Å². The van der Waals surface area contributed by atoms with Gasteiger partial charge in [0.1, 0.15) is 5.56 Å². The maximum absolute atomic E-state index is 12.3. The van der Waals surface area contributed by atoms with Crippen molar-refractivity contribution in [3.05, 3.63) is 28.8 Å². The van der Waals surface area contributed by atoms with Gasteiger partial charge >= 0.3 is 0 Å². The molecule has 0 aromatic carbocycles. The van der Waals surface area contributed by atoms with Gasteiger partial charge in [-0.15, -0.1) is 11.3 Å². The van der Waals surface area contributed by atoms with Gasteiger partial charge in [-0.25, -0.2) is 0 Å². The Morgan fingerprint density at radius 2 is 2.33 bits per heavy atom. The van der Waals surface area contributed by atoms with Crippen molar-refractivity contribution in [3.63, 3.8) is 0 Å². The highest BCUT2D eigenvalue weighted by atomic mass is 32.1. The number of rotatable bonds is 7. The van der Waals surface area contributed by atoms with E-state index in [-0.39, 0.29) is 12.0 Å². The molecule has 5 nitrogen and oxygen atoms in total. The third-order valence-electron chi connectivity index (χ3n) is 2.89. The first-order valence-corrected chi connectivity index (χ1v) is 7.87. The summed E-state index contributed by atoms with van der Waals surface area (Å²) in [6.45, 7) is 6.97. The molecule has 0 saturated heterocycles. The first-order chi connectivity index (χ1) is 10.1. The fourth-order valence-electron chi connectivity index (χ4n) is 1.89. The van der Waals surface area contributed by atoms with Crippen LogP contribution in [0, 0.1) is 6.92 Å². The van der Waals surface area contributed by atoms with Gasteiger partial charge < -0.3 is 14.6 Å². The monoisotopic (exact) mass is 308 g/mol. The number of ether oxygens (including phenoxy) is 1. The average molecular weight is 308 g/mol. The van der Waals surface area contributed by atoms with Crippen LogP contribution in [-0.4, -0.2) is 30.3 Å². The number of thiophene rings is 1. The molecule has 2 aromatic heterocycles. The number of aryl methyl sites for hydroxylation is 1. The van der Waals surface area contributed by atoms with Crippen molar-refractivity contribution in [1.82, 2.24) is 10.5 Å². The molecule has 2 aromatic rings. The van der Waals surface area contributed by atoms with Crippen LogP contribution in [0.3, 0.4) is 0 Å². The Morgan fingerprint density at radius 1 is 1.52 bits per heavy atom. The lowest BCUT2D eigenvalue weighted by atomic mass is 10.1. The second-order valence-corrected chi connectivity index (χ2v) is 5.93. The highest BCUT2D eigenvalue weighted by molar-refractivity contribution is 7.13. The van der Waals surface area contributed by atoms with Crippen molar-refractivity contribution >= 4 is 17.2 Å². The summed E-state index contributed by atoms with van der Waals surface area (Å²) in [4.78, 5) is 13.2. The van der Waals surface area contributed by atoms with E-state index in [0.29, 0.717) is 30.2 Å². The molecule has 6 heteroatoms. The molecule has 2 heterocycles. The van der Waals surface area contributed by atoms with Crippen molar-refractivity contribution in [1.29, 1.82) is 0 Å². The van der Waals surface area contributed by atoms with Gasteiger partial charge in [0, 0.05) is 13.2 Å². The molecule has 0 fully saturated rings. The van der Waals surface area contributed by atoms with E-state index < -0.39 is 0 Å². The molecule has 0 radical (unpaired) electrons. The number of nitrogens with zero attached hydrogens (tertiary/aromatic N) is 1. The predicted octanol–water partition coefficient (Wildman–Crippen LogP) is 3.26. The number of amides is 1. The van der Waals surface area contributed by atoms with E-state index in [9.17, 15) is 4.79 Å². The second-order valence-electron chi connectivity index (χ2n) is 4.98. The minimum Gasteiger partial charge on any atom is -0.379 e. The summed E-state index contributed by atoms with van der Waals surface area (Å²) < 4.78 is 10.7. The van der Waals surface area contributed by atoms with Gasteiger partial charge in [-0.2, -0.15) is 0 Å². The van der Waals surface area contributed by atoms with Gasteiger partial charge in [-0.1, -0.05) is 11.2 Å².